The summed E-state index contributed by atoms with van der Waals surface area (Å²) in [6.07, 6.45) is 1.23. The molecule has 2 rings (SSSR count). The summed E-state index contributed by atoms with van der Waals surface area (Å²) in [5.41, 5.74) is 0.499. The van der Waals surface area contributed by atoms with E-state index in [1.165, 1.54) is 5.39 Å². The molecule has 0 saturated carbocycles. The molecule has 1 aromatic carbocycles. The van der Waals surface area contributed by atoms with Gasteiger partial charge in [-0.1, -0.05) is 13.3 Å². The van der Waals surface area contributed by atoms with Crippen molar-refractivity contribution in [3.63, 3.8) is 0 Å². The molecular weight excluding hydrogens is 272 g/mol. The van der Waals surface area contributed by atoms with Gasteiger partial charge in [-0.05, 0) is 61.7 Å². The summed E-state index contributed by atoms with van der Waals surface area (Å²) in [6.45, 7) is 7.58. The Morgan fingerprint density at radius 2 is 2.05 bits per heavy atom. The molecule has 0 aliphatic carbocycles. The summed E-state index contributed by atoms with van der Waals surface area (Å²) in [7, 11) is 0. The van der Waals surface area contributed by atoms with Crippen LogP contribution in [0.15, 0.2) is 23.6 Å². The molecule has 0 unspecified atom stereocenters. The zero-order chi connectivity index (χ0) is 14.8. The first kappa shape index (κ1) is 14.9. The zero-order valence-electron chi connectivity index (χ0n) is 12.4. The summed E-state index contributed by atoms with van der Waals surface area (Å²) in [6, 6.07) is 6.10. The number of carbonyl (C=O) groups excluding carboxylic acids is 1. The molecule has 0 saturated heterocycles. The van der Waals surface area contributed by atoms with E-state index in [1.54, 1.807) is 11.3 Å². The van der Waals surface area contributed by atoms with Gasteiger partial charge in [0.05, 0.1) is 0 Å². The average Bonchev–Trinajstić information content (AvgIpc) is 2.74. The van der Waals surface area contributed by atoms with Gasteiger partial charge in [-0.25, -0.2) is 4.79 Å². The Morgan fingerprint density at radius 3 is 2.70 bits per heavy atom. The Bertz CT molecular complexity index is 608. The second kappa shape index (κ2) is 5.83. The van der Waals surface area contributed by atoms with Crippen LogP contribution in [-0.4, -0.2) is 11.8 Å². The molecule has 0 fully saturated rings. The van der Waals surface area contributed by atoms with E-state index in [2.05, 4.69) is 19.1 Å². The van der Waals surface area contributed by atoms with E-state index in [4.69, 9.17) is 9.47 Å². The first-order chi connectivity index (χ1) is 9.39. The third-order valence-corrected chi connectivity index (χ3v) is 3.62. The molecule has 0 atom stereocenters. The first-order valence-electron chi connectivity index (χ1n) is 6.80. The number of thiophene rings is 1. The number of carbonyl (C=O) groups is 1. The van der Waals surface area contributed by atoms with Crippen LogP contribution in [-0.2, 0) is 11.2 Å². The van der Waals surface area contributed by atoms with Crippen molar-refractivity contribution in [2.24, 2.45) is 0 Å². The molecule has 2 aromatic rings. The molecule has 0 aliphatic heterocycles. The second-order valence-electron chi connectivity index (χ2n) is 5.73. The highest BCUT2D eigenvalue weighted by molar-refractivity contribution is 7.17. The van der Waals surface area contributed by atoms with E-state index >= 15 is 0 Å². The Hall–Kier alpha value is -1.55. The van der Waals surface area contributed by atoms with Gasteiger partial charge in [-0.2, -0.15) is 0 Å². The maximum atomic E-state index is 11.8. The molecule has 1 heterocycles. The van der Waals surface area contributed by atoms with Crippen molar-refractivity contribution in [1.82, 2.24) is 0 Å². The minimum absolute atomic E-state index is 0.547. The Labute approximate surface area is 123 Å². The van der Waals surface area contributed by atoms with Gasteiger partial charge in [0.2, 0.25) is 0 Å². The molecule has 20 heavy (non-hydrogen) atoms. The lowest BCUT2D eigenvalue weighted by molar-refractivity contribution is 0.0204. The molecule has 4 heteroatoms. The minimum Gasteiger partial charge on any atom is -0.428 e. The fourth-order valence-corrected chi connectivity index (χ4v) is 2.76. The van der Waals surface area contributed by atoms with Gasteiger partial charge in [-0.3, -0.25) is 0 Å². The SMILES string of the molecule is CCCc1cc2ccsc2cc1OC(=O)OC(C)(C)C. The molecule has 0 amide bonds. The zero-order valence-corrected chi connectivity index (χ0v) is 13.2. The molecule has 0 radical (unpaired) electrons. The third-order valence-electron chi connectivity index (χ3n) is 2.74. The number of rotatable bonds is 3. The minimum atomic E-state index is -0.647. The van der Waals surface area contributed by atoms with Gasteiger partial charge in [0.15, 0.2) is 0 Å². The Kier molecular flexibility index (Phi) is 4.33. The monoisotopic (exact) mass is 292 g/mol. The predicted octanol–water partition coefficient (Wildman–Crippen LogP) is 5.17. The van der Waals surface area contributed by atoms with Crippen molar-refractivity contribution in [3.05, 3.63) is 29.1 Å². The van der Waals surface area contributed by atoms with Crippen LogP contribution in [0, 0.1) is 0 Å². The number of hydrogen-bond acceptors (Lipinski definition) is 4. The largest absolute Gasteiger partial charge is 0.514 e. The van der Waals surface area contributed by atoms with Crippen LogP contribution < -0.4 is 4.74 Å². The lowest BCUT2D eigenvalue weighted by Crippen LogP contribution is -2.26. The van der Waals surface area contributed by atoms with Gasteiger partial charge in [-0.15, -0.1) is 11.3 Å². The van der Waals surface area contributed by atoms with E-state index in [0.717, 1.165) is 23.1 Å². The lowest BCUT2D eigenvalue weighted by atomic mass is 10.1. The molecule has 108 valence electrons. The highest BCUT2D eigenvalue weighted by Gasteiger charge is 2.19. The van der Waals surface area contributed by atoms with Crippen LogP contribution in [0.1, 0.15) is 39.7 Å². The summed E-state index contributed by atoms with van der Waals surface area (Å²) >= 11 is 1.64. The summed E-state index contributed by atoms with van der Waals surface area (Å²) in [5.74, 6) is 0.607. The lowest BCUT2D eigenvalue weighted by Gasteiger charge is -2.19. The van der Waals surface area contributed by atoms with Crippen molar-refractivity contribution in [1.29, 1.82) is 0 Å². The van der Waals surface area contributed by atoms with Gasteiger partial charge in [0.1, 0.15) is 11.4 Å². The van der Waals surface area contributed by atoms with E-state index in [1.807, 2.05) is 32.2 Å². The quantitative estimate of drug-likeness (QED) is 0.578. The molecule has 1 aromatic heterocycles. The van der Waals surface area contributed by atoms with Crippen LogP contribution in [0.25, 0.3) is 10.1 Å². The third kappa shape index (κ3) is 3.73. The Morgan fingerprint density at radius 1 is 1.30 bits per heavy atom. The summed E-state index contributed by atoms with van der Waals surface area (Å²) in [5, 5.41) is 3.23. The number of hydrogen-bond donors (Lipinski definition) is 0. The highest BCUT2D eigenvalue weighted by Crippen LogP contribution is 2.31. The van der Waals surface area contributed by atoms with Crippen molar-refractivity contribution in [2.45, 2.75) is 46.1 Å². The van der Waals surface area contributed by atoms with E-state index in [-0.39, 0.29) is 0 Å². The molecule has 0 bridgehead atoms. The van der Waals surface area contributed by atoms with Crippen LogP contribution in [0.2, 0.25) is 0 Å². The topological polar surface area (TPSA) is 35.5 Å². The molecule has 3 nitrogen and oxygen atoms in total. The fourth-order valence-electron chi connectivity index (χ4n) is 1.96. The summed E-state index contributed by atoms with van der Waals surface area (Å²) < 4.78 is 11.7. The standard InChI is InChI=1S/C16H20O3S/c1-5-6-11-9-12-7-8-20-14(12)10-13(11)18-15(17)19-16(2,3)4/h7-10H,5-6H2,1-4H3. The maximum Gasteiger partial charge on any atom is 0.514 e. The number of aryl methyl sites for hydroxylation is 1. The predicted molar refractivity (Wildman–Crippen MR) is 82.7 cm³/mol. The summed E-state index contributed by atoms with van der Waals surface area (Å²) in [4.78, 5) is 11.8. The molecule has 0 aliphatic rings. The van der Waals surface area contributed by atoms with Crippen LogP contribution in [0.4, 0.5) is 4.79 Å². The van der Waals surface area contributed by atoms with Gasteiger partial charge >= 0.3 is 6.16 Å². The van der Waals surface area contributed by atoms with Crippen LogP contribution in [0.5, 0.6) is 5.75 Å². The Balaban J connectivity index is 2.26. The second-order valence-corrected chi connectivity index (χ2v) is 6.68. The van der Waals surface area contributed by atoms with E-state index < -0.39 is 11.8 Å². The van der Waals surface area contributed by atoms with Crippen molar-refractivity contribution < 1.29 is 14.3 Å². The van der Waals surface area contributed by atoms with E-state index in [0.29, 0.717) is 5.75 Å². The first-order valence-corrected chi connectivity index (χ1v) is 7.68. The molecule has 0 N–H and O–H groups in total. The number of benzene rings is 1. The van der Waals surface area contributed by atoms with Crippen molar-refractivity contribution in [2.75, 3.05) is 0 Å². The van der Waals surface area contributed by atoms with Crippen LogP contribution >= 0.6 is 11.3 Å². The fraction of sp³-hybridized carbons (Fsp3) is 0.438. The van der Waals surface area contributed by atoms with Gasteiger partial charge in [0, 0.05) is 4.70 Å². The van der Waals surface area contributed by atoms with E-state index in [9.17, 15) is 4.79 Å². The highest BCUT2D eigenvalue weighted by atomic mass is 32.1. The van der Waals surface area contributed by atoms with Gasteiger partial charge in [0.25, 0.3) is 0 Å². The molecule has 0 spiro atoms. The normalized spacial score (nSPS) is 11.6. The average molecular weight is 292 g/mol. The van der Waals surface area contributed by atoms with Crippen molar-refractivity contribution >= 4 is 27.6 Å². The van der Waals surface area contributed by atoms with Gasteiger partial charge < -0.3 is 9.47 Å². The number of fused-ring (bicyclic) bond motifs is 1. The molecular formula is C16H20O3S. The number of ether oxygens (including phenoxy) is 2. The van der Waals surface area contributed by atoms with Crippen molar-refractivity contribution in [3.8, 4) is 5.75 Å². The van der Waals surface area contributed by atoms with Crippen LogP contribution in [0.3, 0.4) is 0 Å². The maximum absolute atomic E-state index is 11.8. The smallest absolute Gasteiger partial charge is 0.428 e.